The van der Waals surface area contributed by atoms with Gasteiger partial charge in [0.2, 0.25) is 0 Å². The third kappa shape index (κ3) is 6.49. The minimum absolute atomic E-state index is 0.194. The quantitative estimate of drug-likeness (QED) is 0.123. The molecule has 0 spiro atoms. The average Bonchev–Trinajstić information content (AvgIpc) is 3.45. The van der Waals surface area contributed by atoms with E-state index in [0.29, 0.717) is 5.82 Å². The Kier molecular flexibility index (Phi) is 9.28. The topological polar surface area (TPSA) is 32.3 Å². The van der Waals surface area contributed by atoms with Crippen LogP contribution in [0.1, 0.15) is 0 Å². The van der Waals surface area contributed by atoms with Crippen LogP contribution in [0.25, 0.3) is 120 Å². The minimum Gasteiger partial charge on any atom is -0.311 e. The predicted octanol–water partition coefficient (Wildman–Crippen LogP) is 18.2. The maximum absolute atomic E-state index is 5.62. The molecule has 0 fully saturated rings. The van der Waals surface area contributed by atoms with Crippen LogP contribution in [0.5, 0.6) is 0 Å². The molecule has 2 aliphatic heterocycles. The van der Waals surface area contributed by atoms with Gasteiger partial charge in [-0.15, -0.1) is 0 Å². The van der Waals surface area contributed by atoms with E-state index in [0.717, 1.165) is 61.8 Å². The second-order valence-corrected chi connectivity index (χ2v) is 22.0. The molecule has 18 rings (SSSR count). The van der Waals surface area contributed by atoms with E-state index in [9.17, 15) is 0 Å². The molecule has 0 aliphatic carbocycles. The summed E-state index contributed by atoms with van der Waals surface area (Å²) in [5.41, 5.74) is 19.0. The zero-order valence-corrected chi connectivity index (χ0v) is 43.8. The highest BCUT2D eigenvalue weighted by molar-refractivity contribution is 7.03. The number of benzene rings is 15. The Morgan fingerprint density at radius 1 is 0.259 bits per heavy atom. The fourth-order valence-electron chi connectivity index (χ4n) is 14.2. The number of nitrogens with zero attached hydrogens (tertiary/aromatic N) is 4. The highest BCUT2D eigenvalue weighted by Crippen LogP contribution is 2.51. The molecule has 3 heterocycles. The van der Waals surface area contributed by atoms with Gasteiger partial charge in [-0.3, -0.25) is 0 Å². The molecule has 0 N–H and O–H groups in total. The molecular weight excluding hydrogens is 980 g/mol. The number of anilines is 6. The molecule has 0 radical (unpaired) electrons. The normalized spacial score (nSPS) is 12.9. The van der Waals surface area contributed by atoms with Gasteiger partial charge in [-0.1, -0.05) is 218 Å². The van der Waals surface area contributed by atoms with Crippen molar-refractivity contribution in [2.24, 2.45) is 0 Å². The largest absolute Gasteiger partial charge is 0.311 e. The van der Waals surface area contributed by atoms with E-state index in [1.165, 1.54) is 103 Å². The van der Waals surface area contributed by atoms with Crippen LogP contribution >= 0.6 is 0 Å². The van der Waals surface area contributed by atoms with Crippen molar-refractivity contribution in [2.75, 3.05) is 9.80 Å². The van der Waals surface area contributed by atoms with Crippen molar-refractivity contribution in [3.05, 3.63) is 273 Å². The molecule has 5 heteroatoms. The number of fused-ring (bicyclic) bond motifs is 7. The second kappa shape index (κ2) is 16.9. The van der Waals surface area contributed by atoms with Crippen molar-refractivity contribution >= 4 is 133 Å². The zero-order chi connectivity index (χ0) is 52.9. The van der Waals surface area contributed by atoms with Crippen LogP contribution in [0, 0.1) is 0 Å². The van der Waals surface area contributed by atoms with Gasteiger partial charge >= 0.3 is 0 Å². The van der Waals surface area contributed by atoms with Crippen LogP contribution in [0.2, 0.25) is 0 Å². The van der Waals surface area contributed by atoms with Gasteiger partial charge in [-0.05, 0) is 158 Å². The summed E-state index contributed by atoms with van der Waals surface area (Å²) < 4.78 is 0. The fraction of sp³-hybridized carbons (Fsp3) is 0. The molecule has 372 valence electrons. The Bertz CT molecular complexity index is 4920. The van der Waals surface area contributed by atoms with E-state index < -0.39 is 0 Å². The average molecular weight is 1030 g/mol. The van der Waals surface area contributed by atoms with Gasteiger partial charge in [0.25, 0.3) is 6.71 Å². The highest BCUT2D eigenvalue weighted by Gasteiger charge is 2.46. The molecule has 0 saturated heterocycles. The summed E-state index contributed by atoms with van der Waals surface area (Å²) in [6.45, 7) is -0.194. The van der Waals surface area contributed by atoms with Gasteiger partial charge in [0.1, 0.15) is 0 Å². The molecule has 0 saturated carbocycles. The summed E-state index contributed by atoms with van der Waals surface area (Å²) in [5.74, 6) is 0.671. The molecule has 4 nitrogen and oxygen atoms in total. The molecule has 81 heavy (non-hydrogen) atoms. The smallest absolute Gasteiger partial charge is 0.253 e. The Morgan fingerprint density at radius 3 is 1.16 bits per heavy atom. The van der Waals surface area contributed by atoms with E-state index in [-0.39, 0.29) is 6.71 Å². The molecule has 0 atom stereocenters. The Morgan fingerprint density at radius 2 is 0.667 bits per heavy atom. The monoisotopic (exact) mass is 1020 g/mol. The van der Waals surface area contributed by atoms with Crippen LogP contribution in [-0.2, 0) is 0 Å². The zero-order valence-electron chi connectivity index (χ0n) is 43.8. The van der Waals surface area contributed by atoms with E-state index in [1.807, 2.05) is 0 Å². The van der Waals surface area contributed by atoms with Gasteiger partial charge in [0.05, 0.1) is 11.2 Å². The third-order valence-electron chi connectivity index (χ3n) is 17.7. The van der Waals surface area contributed by atoms with Gasteiger partial charge < -0.3 is 9.80 Å². The summed E-state index contributed by atoms with van der Waals surface area (Å²) in [7, 11) is 0. The summed E-state index contributed by atoms with van der Waals surface area (Å²) in [5, 5.41) is 16.2. The molecular formula is C76H45BN4. The van der Waals surface area contributed by atoms with Crippen molar-refractivity contribution in [1.29, 1.82) is 0 Å². The fourth-order valence-corrected chi connectivity index (χ4v) is 14.2. The molecule has 2 aliphatic rings. The highest BCUT2D eigenvalue weighted by atomic mass is 15.2. The minimum atomic E-state index is -0.194. The first-order valence-corrected chi connectivity index (χ1v) is 28.0. The van der Waals surface area contributed by atoms with Crippen molar-refractivity contribution in [2.45, 2.75) is 0 Å². The Balaban J connectivity index is 1.01. The summed E-state index contributed by atoms with van der Waals surface area (Å²) in [6.07, 6.45) is 0. The molecule has 0 bridgehead atoms. The number of para-hydroxylation sites is 1. The van der Waals surface area contributed by atoms with Crippen LogP contribution in [0.15, 0.2) is 273 Å². The third-order valence-corrected chi connectivity index (χ3v) is 17.7. The van der Waals surface area contributed by atoms with Gasteiger partial charge in [-0.25, -0.2) is 9.97 Å². The van der Waals surface area contributed by atoms with Crippen LogP contribution in [0.4, 0.5) is 34.1 Å². The molecule has 15 aromatic carbocycles. The lowest BCUT2D eigenvalue weighted by Gasteiger charge is -2.45. The molecule has 16 aromatic rings. The summed E-state index contributed by atoms with van der Waals surface area (Å²) in [6, 6.07) is 101. The lowest BCUT2D eigenvalue weighted by Crippen LogP contribution is -2.61. The van der Waals surface area contributed by atoms with Crippen LogP contribution in [-0.4, -0.2) is 16.7 Å². The van der Waals surface area contributed by atoms with Crippen molar-refractivity contribution in [3.8, 4) is 44.9 Å². The van der Waals surface area contributed by atoms with Crippen molar-refractivity contribution in [3.63, 3.8) is 0 Å². The van der Waals surface area contributed by atoms with Crippen molar-refractivity contribution in [1.82, 2.24) is 9.97 Å². The number of hydrogen-bond donors (Lipinski definition) is 0. The maximum atomic E-state index is 5.62. The van der Waals surface area contributed by atoms with Crippen LogP contribution in [0.3, 0.4) is 0 Å². The van der Waals surface area contributed by atoms with Gasteiger partial charge in [0.15, 0.2) is 5.82 Å². The lowest BCUT2D eigenvalue weighted by atomic mass is 9.32. The van der Waals surface area contributed by atoms with E-state index >= 15 is 0 Å². The van der Waals surface area contributed by atoms with Gasteiger partial charge in [0, 0.05) is 50.6 Å². The Hall–Kier alpha value is -10.6. The number of rotatable bonds is 6. The standard InChI is InChI=1S/C76H45BN4/c1-4-14-46(15-5-1)48-30-36-58(37-31-48)80-64-42-55-28-26-50-20-12-22-52-34-40-61(70(55)68(50)52)72(64)77-73-62-41-35-53-23-13-21-51-27-29-56(71(62)69(51)53)43-65(73)81(59-38-32-49(33-39-59)47-16-6-2-7-17-47)67-45-57(44-66(80)74(67)77)76-78-63-25-11-10-24-60(63)75(79-76)54-18-8-3-9-19-54/h1-45H. The summed E-state index contributed by atoms with van der Waals surface area (Å²) in [4.78, 5) is 16.3. The molecule has 0 unspecified atom stereocenters. The first-order valence-electron chi connectivity index (χ1n) is 28.0. The van der Waals surface area contributed by atoms with E-state index in [4.69, 9.17) is 9.97 Å². The predicted molar refractivity (Wildman–Crippen MR) is 343 cm³/mol. The van der Waals surface area contributed by atoms with Gasteiger partial charge in [-0.2, -0.15) is 0 Å². The molecule has 0 amide bonds. The second-order valence-electron chi connectivity index (χ2n) is 22.0. The lowest BCUT2D eigenvalue weighted by molar-refractivity contribution is 1.21. The SMILES string of the molecule is c1ccc(-c2ccc(N3c4cc(-c5nc(-c6ccccc6)c6ccccc6n5)cc5c4B(c4c3cc3ccc6cccc7ccc4c3c67)c3c(cc4ccc6cccc7ccc3c4c67)N5c3ccc(-c4ccccc4)cc3)cc2)cc1. The van der Waals surface area contributed by atoms with Crippen molar-refractivity contribution < 1.29 is 0 Å². The number of hydrogen-bond acceptors (Lipinski definition) is 4. The summed E-state index contributed by atoms with van der Waals surface area (Å²) >= 11 is 0. The van der Waals surface area contributed by atoms with E-state index in [1.54, 1.807) is 0 Å². The maximum Gasteiger partial charge on any atom is 0.253 e. The van der Waals surface area contributed by atoms with E-state index in [2.05, 4.69) is 283 Å². The first kappa shape index (κ1) is 44.4. The molecule has 1 aromatic heterocycles. The Labute approximate surface area is 467 Å². The number of aromatic nitrogens is 2. The first-order chi connectivity index (χ1) is 40.2. The van der Waals surface area contributed by atoms with Crippen LogP contribution < -0.4 is 26.2 Å².